The van der Waals surface area contributed by atoms with Crippen LogP contribution in [0.2, 0.25) is 11.1 Å². The minimum Gasteiger partial charge on any atom is -0.397 e. The van der Waals surface area contributed by atoms with Crippen molar-refractivity contribution in [1.29, 1.82) is 0 Å². The van der Waals surface area contributed by atoms with Crippen molar-refractivity contribution in [1.82, 2.24) is 0 Å². The second-order valence-electron chi connectivity index (χ2n) is 6.60. The quantitative estimate of drug-likeness (QED) is 0.397. The SMILES string of the molecule is CCCCC[Si](OC)(OC)C(C)(C)C(CC)C(C)C. The van der Waals surface area contributed by atoms with Gasteiger partial charge in [-0.3, -0.25) is 0 Å². The minimum absolute atomic E-state index is 0.146. The van der Waals surface area contributed by atoms with Crippen LogP contribution in [0.5, 0.6) is 0 Å². The van der Waals surface area contributed by atoms with Gasteiger partial charge in [-0.25, -0.2) is 0 Å². The molecule has 0 spiro atoms. The monoisotopic (exact) mass is 288 g/mol. The van der Waals surface area contributed by atoms with Crippen molar-refractivity contribution in [2.24, 2.45) is 11.8 Å². The molecular formula is C16H36O2Si. The zero-order valence-electron chi connectivity index (χ0n) is 14.5. The van der Waals surface area contributed by atoms with E-state index in [1.54, 1.807) is 0 Å². The zero-order chi connectivity index (χ0) is 15.1. The Hall–Kier alpha value is 0.137. The van der Waals surface area contributed by atoms with Crippen LogP contribution in [0.1, 0.15) is 67.2 Å². The Kier molecular flexibility index (Phi) is 8.49. The van der Waals surface area contributed by atoms with Gasteiger partial charge in [-0.15, -0.1) is 0 Å². The number of hydrogen-bond donors (Lipinski definition) is 0. The van der Waals surface area contributed by atoms with Crippen LogP contribution in [-0.2, 0) is 8.85 Å². The van der Waals surface area contributed by atoms with Gasteiger partial charge < -0.3 is 8.85 Å². The minimum atomic E-state index is -2.16. The summed E-state index contributed by atoms with van der Waals surface area (Å²) in [5.41, 5.74) is 0. The molecule has 3 heteroatoms. The van der Waals surface area contributed by atoms with Gasteiger partial charge in [0.2, 0.25) is 0 Å². The van der Waals surface area contributed by atoms with Crippen molar-refractivity contribution in [3.05, 3.63) is 0 Å². The number of rotatable bonds is 10. The Labute approximate surface area is 122 Å². The summed E-state index contributed by atoms with van der Waals surface area (Å²) in [6.45, 7) is 13.9. The molecule has 0 aliphatic heterocycles. The van der Waals surface area contributed by atoms with Gasteiger partial charge in [-0.05, 0) is 17.9 Å². The van der Waals surface area contributed by atoms with Crippen molar-refractivity contribution in [2.45, 2.75) is 78.3 Å². The summed E-state index contributed by atoms with van der Waals surface area (Å²) in [6, 6.07) is 1.12. The third-order valence-corrected chi connectivity index (χ3v) is 9.59. The van der Waals surface area contributed by atoms with E-state index < -0.39 is 8.56 Å². The standard InChI is InChI=1S/C16H36O2Si/c1-9-11-12-13-19(17-7,18-8)16(5,6)15(10-2)14(3)4/h14-15H,9-13H2,1-8H3. The van der Waals surface area contributed by atoms with Gasteiger partial charge in [0.15, 0.2) is 0 Å². The van der Waals surface area contributed by atoms with Gasteiger partial charge >= 0.3 is 8.56 Å². The van der Waals surface area contributed by atoms with Crippen LogP contribution < -0.4 is 0 Å². The van der Waals surface area contributed by atoms with Gasteiger partial charge in [0.1, 0.15) is 0 Å². The molecule has 0 rings (SSSR count). The lowest BCUT2D eigenvalue weighted by Crippen LogP contribution is -2.53. The normalized spacial score (nSPS) is 15.0. The lowest BCUT2D eigenvalue weighted by molar-refractivity contribution is 0.161. The topological polar surface area (TPSA) is 18.5 Å². The van der Waals surface area contributed by atoms with Crippen LogP contribution in [0.3, 0.4) is 0 Å². The zero-order valence-corrected chi connectivity index (χ0v) is 15.5. The van der Waals surface area contributed by atoms with Crippen LogP contribution in [0.15, 0.2) is 0 Å². The van der Waals surface area contributed by atoms with Crippen molar-refractivity contribution < 1.29 is 8.85 Å². The molecule has 0 aromatic rings. The maximum absolute atomic E-state index is 6.05. The van der Waals surface area contributed by atoms with Crippen molar-refractivity contribution in [3.63, 3.8) is 0 Å². The van der Waals surface area contributed by atoms with E-state index in [0.29, 0.717) is 11.8 Å². The van der Waals surface area contributed by atoms with Crippen LogP contribution in [0, 0.1) is 11.8 Å². The van der Waals surface area contributed by atoms with E-state index >= 15 is 0 Å². The third-order valence-electron chi connectivity index (χ3n) is 4.92. The molecule has 0 N–H and O–H groups in total. The fraction of sp³-hybridized carbons (Fsp3) is 1.00. The molecule has 0 aromatic heterocycles. The van der Waals surface area contributed by atoms with Crippen molar-refractivity contribution >= 4 is 8.56 Å². The molecule has 1 unspecified atom stereocenters. The van der Waals surface area contributed by atoms with Crippen molar-refractivity contribution in [3.8, 4) is 0 Å². The van der Waals surface area contributed by atoms with Gasteiger partial charge in [0, 0.05) is 19.3 Å². The van der Waals surface area contributed by atoms with Gasteiger partial charge in [-0.1, -0.05) is 67.2 Å². The van der Waals surface area contributed by atoms with E-state index in [2.05, 4.69) is 41.5 Å². The Bertz CT molecular complexity index is 235. The average molecular weight is 289 g/mol. The smallest absolute Gasteiger partial charge is 0.343 e. The van der Waals surface area contributed by atoms with Crippen LogP contribution in [-0.4, -0.2) is 22.8 Å². The first kappa shape index (κ1) is 19.1. The Morgan fingerprint density at radius 3 is 1.84 bits per heavy atom. The second-order valence-corrected chi connectivity index (χ2v) is 10.7. The molecule has 0 heterocycles. The summed E-state index contributed by atoms with van der Waals surface area (Å²) in [5.74, 6) is 1.32. The van der Waals surface area contributed by atoms with Gasteiger partial charge in [0.05, 0.1) is 0 Å². The molecule has 0 amide bonds. The Balaban J connectivity index is 5.20. The van der Waals surface area contributed by atoms with Crippen molar-refractivity contribution in [2.75, 3.05) is 14.2 Å². The summed E-state index contributed by atoms with van der Waals surface area (Å²) >= 11 is 0. The Morgan fingerprint density at radius 2 is 1.53 bits per heavy atom. The predicted molar refractivity (Wildman–Crippen MR) is 86.8 cm³/mol. The fourth-order valence-electron chi connectivity index (χ4n) is 3.84. The highest BCUT2D eigenvalue weighted by Crippen LogP contribution is 2.51. The van der Waals surface area contributed by atoms with E-state index in [1.165, 1.54) is 25.7 Å². The summed E-state index contributed by atoms with van der Waals surface area (Å²) in [5, 5.41) is 0.146. The second kappa shape index (κ2) is 8.43. The first-order chi connectivity index (χ1) is 8.82. The van der Waals surface area contributed by atoms with E-state index in [4.69, 9.17) is 8.85 Å². The number of unbranched alkanes of at least 4 members (excludes halogenated alkanes) is 2. The molecule has 0 saturated carbocycles. The maximum Gasteiger partial charge on any atom is 0.343 e. The lowest BCUT2D eigenvalue weighted by Gasteiger charge is -2.47. The molecule has 0 aliphatic rings. The highest BCUT2D eigenvalue weighted by molar-refractivity contribution is 6.70. The first-order valence-electron chi connectivity index (χ1n) is 7.93. The summed E-state index contributed by atoms with van der Waals surface area (Å²) in [7, 11) is 1.56. The first-order valence-corrected chi connectivity index (χ1v) is 9.95. The molecular weight excluding hydrogens is 252 g/mol. The summed E-state index contributed by atoms with van der Waals surface area (Å²) < 4.78 is 12.1. The van der Waals surface area contributed by atoms with E-state index in [-0.39, 0.29) is 5.04 Å². The highest BCUT2D eigenvalue weighted by Gasteiger charge is 2.54. The van der Waals surface area contributed by atoms with Crippen LogP contribution in [0.4, 0.5) is 0 Å². The molecule has 19 heavy (non-hydrogen) atoms. The average Bonchev–Trinajstić information content (AvgIpc) is 2.34. The fourth-order valence-corrected chi connectivity index (χ4v) is 7.93. The Morgan fingerprint density at radius 1 is 1.00 bits per heavy atom. The lowest BCUT2D eigenvalue weighted by atomic mass is 9.83. The molecule has 0 aromatic carbocycles. The largest absolute Gasteiger partial charge is 0.397 e. The van der Waals surface area contributed by atoms with Gasteiger partial charge in [0.25, 0.3) is 0 Å². The van der Waals surface area contributed by atoms with E-state index in [9.17, 15) is 0 Å². The molecule has 0 bridgehead atoms. The molecule has 1 atom stereocenters. The summed E-state index contributed by atoms with van der Waals surface area (Å²) in [6.07, 6.45) is 4.94. The molecule has 0 aliphatic carbocycles. The summed E-state index contributed by atoms with van der Waals surface area (Å²) in [4.78, 5) is 0. The molecule has 116 valence electrons. The highest BCUT2D eigenvalue weighted by atomic mass is 28.4. The van der Waals surface area contributed by atoms with E-state index in [0.717, 1.165) is 6.04 Å². The predicted octanol–water partition coefficient (Wildman–Crippen LogP) is 5.37. The number of hydrogen-bond acceptors (Lipinski definition) is 2. The molecule has 2 nitrogen and oxygen atoms in total. The maximum atomic E-state index is 6.05. The van der Waals surface area contributed by atoms with E-state index in [1.807, 2.05) is 14.2 Å². The molecule has 0 radical (unpaired) electrons. The molecule has 0 saturated heterocycles. The van der Waals surface area contributed by atoms with Crippen LogP contribution >= 0.6 is 0 Å². The van der Waals surface area contributed by atoms with Gasteiger partial charge in [-0.2, -0.15) is 0 Å². The van der Waals surface area contributed by atoms with Crippen LogP contribution in [0.25, 0.3) is 0 Å². The molecule has 0 fully saturated rings. The third kappa shape index (κ3) is 4.30.